The average Bonchev–Trinajstić information content (AvgIpc) is 2.70. The minimum atomic E-state index is -3.66. The average molecular weight is 259 g/mol. The largest absolute Gasteiger partial charge is 0.441 e. The monoisotopic (exact) mass is 259 g/mol. The number of para-hydroxylation sites is 2. The van der Waals surface area contributed by atoms with Crippen LogP contribution in [-0.4, -0.2) is 27.6 Å². The summed E-state index contributed by atoms with van der Waals surface area (Å²) in [6.07, 6.45) is 0. The summed E-state index contributed by atoms with van der Waals surface area (Å²) in [7, 11) is -1.60. The Labute approximate surface area is 99.5 Å². The van der Waals surface area contributed by atoms with Crippen molar-refractivity contribution >= 4 is 21.5 Å². The summed E-state index contributed by atoms with van der Waals surface area (Å²) >= 11 is 0. The first-order valence-electron chi connectivity index (χ1n) is 4.67. The van der Waals surface area contributed by atoms with E-state index in [1.807, 2.05) is 31.2 Å². The van der Waals surface area contributed by atoms with Gasteiger partial charge in [0.25, 0.3) is 0 Å². The lowest BCUT2D eigenvalue weighted by Gasteiger charge is -1.91. The molecule has 1 heterocycles. The number of nitrogens with zero attached hydrogens (tertiary/aromatic N) is 1. The van der Waals surface area contributed by atoms with Crippen LogP contribution >= 0.6 is 0 Å². The number of oxazole rings is 1. The van der Waals surface area contributed by atoms with E-state index in [2.05, 4.69) is 13.4 Å². The molecule has 2 rings (SSSR count). The van der Waals surface area contributed by atoms with Crippen LogP contribution in [0.2, 0.25) is 0 Å². The topological polar surface area (TPSA) is 78.6 Å². The standard InChI is InChI=1S/C8H7NO.C2H6O4S/c1-6-9-7-4-2-3-5-8(7)10-6;1-5-7(3,4)6-2/h2-5H,1H3;1-2H3. The van der Waals surface area contributed by atoms with E-state index in [4.69, 9.17) is 4.42 Å². The van der Waals surface area contributed by atoms with E-state index >= 15 is 0 Å². The van der Waals surface area contributed by atoms with E-state index in [-0.39, 0.29) is 0 Å². The molecule has 0 fully saturated rings. The smallest absolute Gasteiger partial charge is 0.399 e. The molecular weight excluding hydrogens is 246 g/mol. The molecule has 0 saturated carbocycles. The van der Waals surface area contributed by atoms with Crippen molar-refractivity contribution in [1.29, 1.82) is 0 Å². The summed E-state index contributed by atoms with van der Waals surface area (Å²) in [6.45, 7) is 1.85. The van der Waals surface area contributed by atoms with Crippen LogP contribution in [0, 0.1) is 6.92 Å². The van der Waals surface area contributed by atoms with Gasteiger partial charge in [0.2, 0.25) is 0 Å². The van der Waals surface area contributed by atoms with Gasteiger partial charge in [0.15, 0.2) is 11.5 Å². The summed E-state index contributed by atoms with van der Waals surface area (Å²) in [4.78, 5) is 4.15. The zero-order valence-corrected chi connectivity index (χ0v) is 10.5. The number of aryl methyl sites for hydroxylation is 1. The van der Waals surface area contributed by atoms with Crippen LogP contribution in [0.1, 0.15) is 5.89 Å². The second-order valence-electron chi connectivity index (χ2n) is 2.94. The van der Waals surface area contributed by atoms with Gasteiger partial charge in [0.1, 0.15) is 5.52 Å². The Hall–Kier alpha value is -1.44. The molecule has 0 amide bonds. The Kier molecular flexibility index (Phi) is 4.62. The van der Waals surface area contributed by atoms with E-state index in [1.165, 1.54) is 0 Å². The molecule has 1 aromatic carbocycles. The summed E-state index contributed by atoms with van der Waals surface area (Å²) in [5.74, 6) is 0.723. The first-order chi connectivity index (χ1) is 7.98. The number of aromatic nitrogens is 1. The summed E-state index contributed by atoms with van der Waals surface area (Å²) in [6, 6.07) is 7.73. The molecule has 0 saturated heterocycles. The van der Waals surface area contributed by atoms with Crippen molar-refractivity contribution < 1.29 is 21.2 Å². The van der Waals surface area contributed by atoms with Crippen LogP contribution in [0.15, 0.2) is 28.7 Å². The van der Waals surface area contributed by atoms with Crippen molar-refractivity contribution in [3.8, 4) is 0 Å². The molecule has 0 unspecified atom stereocenters. The van der Waals surface area contributed by atoms with Gasteiger partial charge < -0.3 is 4.42 Å². The van der Waals surface area contributed by atoms with Gasteiger partial charge in [-0.25, -0.2) is 4.98 Å². The molecule has 0 radical (unpaired) electrons. The highest BCUT2D eigenvalue weighted by atomic mass is 32.3. The molecule has 7 heteroatoms. The van der Waals surface area contributed by atoms with Crippen LogP contribution < -0.4 is 0 Å². The summed E-state index contributed by atoms with van der Waals surface area (Å²) in [5.41, 5.74) is 1.79. The first-order valence-corrected chi connectivity index (χ1v) is 6.00. The first kappa shape index (κ1) is 13.6. The quantitative estimate of drug-likeness (QED) is 0.816. The van der Waals surface area contributed by atoms with Gasteiger partial charge in [0, 0.05) is 6.92 Å². The third-order valence-corrected chi connectivity index (χ3v) is 2.63. The van der Waals surface area contributed by atoms with Crippen molar-refractivity contribution in [2.75, 3.05) is 14.2 Å². The van der Waals surface area contributed by atoms with Gasteiger partial charge in [-0.15, -0.1) is 0 Å². The van der Waals surface area contributed by atoms with E-state index in [0.29, 0.717) is 0 Å². The Bertz CT molecular complexity index is 532. The highest BCUT2D eigenvalue weighted by molar-refractivity contribution is 7.81. The van der Waals surface area contributed by atoms with Crippen LogP contribution in [0.4, 0.5) is 0 Å². The molecule has 0 atom stereocenters. The molecule has 94 valence electrons. The van der Waals surface area contributed by atoms with Gasteiger partial charge in [-0.2, -0.15) is 8.42 Å². The van der Waals surface area contributed by atoms with Crippen molar-refractivity contribution in [2.24, 2.45) is 0 Å². The van der Waals surface area contributed by atoms with E-state index in [1.54, 1.807) is 0 Å². The van der Waals surface area contributed by atoms with Gasteiger partial charge in [0.05, 0.1) is 14.2 Å². The van der Waals surface area contributed by atoms with E-state index in [9.17, 15) is 8.42 Å². The van der Waals surface area contributed by atoms with Crippen LogP contribution in [0.5, 0.6) is 0 Å². The maximum absolute atomic E-state index is 9.92. The summed E-state index contributed by atoms with van der Waals surface area (Å²) in [5, 5.41) is 0. The number of benzene rings is 1. The fourth-order valence-electron chi connectivity index (χ4n) is 1.06. The molecule has 0 bridgehead atoms. The molecule has 1 aromatic heterocycles. The molecular formula is C10H13NO5S. The predicted molar refractivity (Wildman–Crippen MR) is 61.7 cm³/mol. The highest BCUT2D eigenvalue weighted by Gasteiger charge is 2.01. The van der Waals surface area contributed by atoms with Crippen LogP contribution in [0.25, 0.3) is 11.1 Å². The van der Waals surface area contributed by atoms with Crippen LogP contribution in [0.3, 0.4) is 0 Å². The number of fused-ring (bicyclic) bond motifs is 1. The highest BCUT2D eigenvalue weighted by Crippen LogP contribution is 2.12. The zero-order chi connectivity index (χ0) is 12.9. The van der Waals surface area contributed by atoms with Crippen molar-refractivity contribution in [1.82, 2.24) is 4.98 Å². The number of hydrogen-bond donors (Lipinski definition) is 0. The molecule has 6 nitrogen and oxygen atoms in total. The molecule has 0 aliphatic heterocycles. The van der Waals surface area contributed by atoms with Crippen molar-refractivity contribution in [2.45, 2.75) is 6.92 Å². The van der Waals surface area contributed by atoms with Crippen LogP contribution in [-0.2, 0) is 18.8 Å². The molecule has 0 N–H and O–H groups in total. The zero-order valence-electron chi connectivity index (χ0n) is 9.71. The SMILES string of the molecule is COS(=O)(=O)OC.Cc1nc2ccccc2o1. The molecule has 17 heavy (non-hydrogen) atoms. The Morgan fingerprint density at radius 3 is 2.24 bits per heavy atom. The van der Waals surface area contributed by atoms with Crippen molar-refractivity contribution in [3.05, 3.63) is 30.2 Å². The minimum Gasteiger partial charge on any atom is -0.441 e. The number of rotatable bonds is 2. The fraction of sp³-hybridized carbons (Fsp3) is 0.300. The fourth-order valence-corrected chi connectivity index (χ4v) is 1.19. The second kappa shape index (κ2) is 5.76. The maximum Gasteiger partial charge on any atom is 0.399 e. The molecule has 0 spiro atoms. The molecule has 2 aromatic rings. The lowest BCUT2D eigenvalue weighted by atomic mass is 10.3. The normalized spacial score (nSPS) is 11.0. The Morgan fingerprint density at radius 1 is 1.18 bits per heavy atom. The number of hydrogen-bond acceptors (Lipinski definition) is 6. The van der Waals surface area contributed by atoms with Gasteiger partial charge >= 0.3 is 10.4 Å². The second-order valence-corrected chi connectivity index (χ2v) is 4.43. The molecule has 0 aliphatic carbocycles. The van der Waals surface area contributed by atoms with E-state index < -0.39 is 10.4 Å². The van der Waals surface area contributed by atoms with Gasteiger partial charge in [-0.1, -0.05) is 12.1 Å². The molecule has 0 aliphatic rings. The van der Waals surface area contributed by atoms with E-state index in [0.717, 1.165) is 31.2 Å². The van der Waals surface area contributed by atoms with Crippen molar-refractivity contribution in [3.63, 3.8) is 0 Å². The Balaban J connectivity index is 0.000000185. The predicted octanol–water partition coefficient (Wildman–Crippen LogP) is 1.66. The summed E-state index contributed by atoms with van der Waals surface area (Å²) < 4.78 is 32.8. The maximum atomic E-state index is 9.92. The third kappa shape index (κ3) is 4.14. The van der Waals surface area contributed by atoms with Gasteiger partial charge in [-0.05, 0) is 12.1 Å². The Morgan fingerprint density at radius 2 is 1.76 bits per heavy atom. The lowest BCUT2D eigenvalue weighted by Crippen LogP contribution is -2.02. The minimum absolute atomic E-state index is 0.723. The third-order valence-electron chi connectivity index (χ3n) is 1.81. The van der Waals surface area contributed by atoms with Gasteiger partial charge in [-0.3, -0.25) is 8.37 Å². The lowest BCUT2D eigenvalue weighted by molar-refractivity contribution is 0.286.